The lowest BCUT2D eigenvalue weighted by atomic mass is 9.42. The third-order valence-corrected chi connectivity index (χ3v) is 11.4. The van der Waals surface area contributed by atoms with Crippen molar-refractivity contribution in [2.45, 2.75) is 97.7 Å². The van der Waals surface area contributed by atoms with Gasteiger partial charge < -0.3 is 14.8 Å². The highest BCUT2D eigenvalue weighted by Crippen LogP contribution is 2.71. The van der Waals surface area contributed by atoms with E-state index in [2.05, 4.69) is 23.8 Å². The van der Waals surface area contributed by atoms with Gasteiger partial charge in [-0.25, -0.2) is 4.98 Å². The Morgan fingerprint density at radius 2 is 1.79 bits per heavy atom. The van der Waals surface area contributed by atoms with Gasteiger partial charge >= 0.3 is 0 Å². The Kier molecular flexibility index (Phi) is 5.87. The van der Waals surface area contributed by atoms with Crippen LogP contribution in [-0.2, 0) is 20.9 Å². The molecule has 0 amide bonds. The van der Waals surface area contributed by atoms with E-state index < -0.39 is 11.0 Å². The summed E-state index contributed by atoms with van der Waals surface area (Å²) in [7, 11) is 0. The summed E-state index contributed by atoms with van der Waals surface area (Å²) in [6, 6.07) is 0. The van der Waals surface area contributed by atoms with Crippen LogP contribution < -0.4 is 0 Å². The van der Waals surface area contributed by atoms with Gasteiger partial charge in [0.2, 0.25) is 0 Å². The highest BCUT2D eigenvalue weighted by Gasteiger charge is 2.68. The molecule has 1 aromatic rings. The fraction of sp³-hybridized carbons (Fsp3) is 0.821. The molecule has 188 valence electrons. The van der Waals surface area contributed by atoms with Crippen molar-refractivity contribution in [3.8, 4) is 0 Å². The van der Waals surface area contributed by atoms with E-state index in [0.717, 1.165) is 63.6 Å². The maximum absolute atomic E-state index is 12.9. The zero-order valence-corrected chi connectivity index (χ0v) is 21.4. The summed E-state index contributed by atoms with van der Waals surface area (Å²) in [6.45, 7) is 8.78. The molecule has 4 saturated carbocycles. The molecule has 0 radical (unpaired) electrons. The highest BCUT2D eigenvalue weighted by atomic mass is 16.5. The predicted octanol–water partition coefficient (Wildman–Crippen LogP) is 4.86. The summed E-state index contributed by atoms with van der Waals surface area (Å²) in [5.41, 5.74) is -1.53. The fourth-order valence-electron chi connectivity index (χ4n) is 9.61. The maximum atomic E-state index is 12.9. The summed E-state index contributed by atoms with van der Waals surface area (Å²) < 4.78 is 5.87. The average Bonchev–Trinajstić information content (AvgIpc) is 3.40. The van der Waals surface area contributed by atoms with Gasteiger partial charge in [-0.1, -0.05) is 13.8 Å². The Morgan fingerprint density at radius 3 is 2.47 bits per heavy atom. The molecule has 1 aromatic heterocycles. The minimum absolute atomic E-state index is 0.0839. The Labute approximate surface area is 203 Å². The number of H-pyrrole nitrogens is 1. The number of hydrogen-bond acceptors (Lipinski definition) is 5. The van der Waals surface area contributed by atoms with Crippen LogP contribution in [0, 0.1) is 39.9 Å². The van der Waals surface area contributed by atoms with Gasteiger partial charge in [-0.05, 0) is 106 Å². The van der Waals surface area contributed by atoms with Crippen LogP contribution in [-0.4, -0.2) is 38.8 Å². The first-order chi connectivity index (χ1) is 16.1. The molecule has 6 nitrogen and oxygen atoms in total. The second-order valence-electron chi connectivity index (χ2n) is 12.6. The van der Waals surface area contributed by atoms with Crippen molar-refractivity contribution >= 4 is 11.6 Å². The van der Waals surface area contributed by atoms with Crippen molar-refractivity contribution in [3.63, 3.8) is 0 Å². The molecule has 0 aliphatic heterocycles. The van der Waals surface area contributed by atoms with E-state index in [1.807, 2.05) is 0 Å². The van der Waals surface area contributed by atoms with Gasteiger partial charge in [0.25, 0.3) is 0 Å². The number of carbonyl (C=O) groups excluding carboxylic acids is 2. The fourth-order valence-corrected chi connectivity index (χ4v) is 9.61. The molecule has 4 fully saturated rings. The number of aliphatic hydroxyl groups is 1. The molecule has 2 N–H and O–H groups in total. The topological polar surface area (TPSA) is 92.3 Å². The summed E-state index contributed by atoms with van der Waals surface area (Å²) in [5, 5.41) is 11.4. The molecule has 4 aliphatic rings. The van der Waals surface area contributed by atoms with Crippen LogP contribution in [0.1, 0.15) is 91.3 Å². The van der Waals surface area contributed by atoms with Gasteiger partial charge in [0, 0.05) is 12.4 Å². The molecule has 34 heavy (non-hydrogen) atoms. The number of rotatable bonds is 6. The van der Waals surface area contributed by atoms with Crippen LogP contribution in [0.15, 0.2) is 12.4 Å². The van der Waals surface area contributed by atoms with Gasteiger partial charge in [0.05, 0.1) is 17.6 Å². The van der Waals surface area contributed by atoms with Gasteiger partial charge in [0.1, 0.15) is 24.0 Å². The molecule has 0 spiro atoms. The zero-order valence-electron chi connectivity index (χ0n) is 21.4. The number of Topliss-reactive ketones (excluding diaryl/α,β-unsaturated/α-hetero) is 2. The lowest BCUT2D eigenvalue weighted by Gasteiger charge is -2.62. The standard InChI is InChI=1S/C28H42N2O4/c1-18(31)28(19(2)32)10-8-23-21-6-5-20-15-27(33,17-34-16-24-29-13-14-30-24)12-11-25(20,3)22(21)7-9-26(23,28)4/h13-14,20-23,33H,5-12,15-17H2,1-4H3,(H,29,30)/t20?,21-,22+,23+,25+,26+,27-/m1/s1. The minimum Gasteiger partial charge on any atom is -0.387 e. The number of nitrogens with one attached hydrogen (secondary N) is 1. The van der Waals surface area contributed by atoms with Crippen LogP contribution in [0.25, 0.3) is 0 Å². The van der Waals surface area contributed by atoms with E-state index >= 15 is 0 Å². The van der Waals surface area contributed by atoms with E-state index in [1.165, 1.54) is 0 Å². The van der Waals surface area contributed by atoms with Gasteiger partial charge in [-0.2, -0.15) is 0 Å². The first-order valence-corrected chi connectivity index (χ1v) is 13.4. The number of nitrogens with zero attached hydrogens (tertiary/aromatic N) is 1. The Bertz CT molecular complexity index is 930. The van der Waals surface area contributed by atoms with Crippen molar-refractivity contribution in [1.29, 1.82) is 0 Å². The number of fused-ring (bicyclic) bond motifs is 5. The lowest BCUT2D eigenvalue weighted by molar-refractivity contribution is -0.175. The molecule has 4 aliphatic carbocycles. The SMILES string of the molecule is CC(=O)C1(C(C)=O)CC[C@H]2[C@@H]3CCC4C[C@@](O)(COCc5ncc[nH]5)CC[C@]4(C)[C@H]3CC[C@@]21C. The van der Waals surface area contributed by atoms with Crippen LogP contribution in [0.3, 0.4) is 0 Å². The molecule has 7 atom stereocenters. The molecule has 1 unspecified atom stereocenters. The molecule has 1 heterocycles. The quantitative estimate of drug-likeness (QED) is 0.579. The van der Waals surface area contributed by atoms with Crippen LogP contribution in [0.4, 0.5) is 0 Å². The van der Waals surface area contributed by atoms with E-state index in [0.29, 0.717) is 36.9 Å². The van der Waals surface area contributed by atoms with Gasteiger partial charge in [0.15, 0.2) is 0 Å². The van der Waals surface area contributed by atoms with Crippen LogP contribution >= 0.6 is 0 Å². The van der Waals surface area contributed by atoms with Crippen molar-refractivity contribution in [2.75, 3.05) is 6.61 Å². The first kappa shape index (κ1) is 24.2. The minimum atomic E-state index is -0.779. The number of ether oxygens (including phenoxy) is 1. The van der Waals surface area contributed by atoms with E-state index in [1.54, 1.807) is 26.2 Å². The van der Waals surface area contributed by atoms with Crippen LogP contribution in [0.2, 0.25) is 0 Å². The predicted molar refractivity (Wildman–Crippen MR) is 129 cm³/mol. The number of aromatic nitrogens is 2. The third kappa shape index (κ3) is 3.38. The van der Waals surface area contributed by atoms with Gasteiger partial charge in [-0.3, -0.25) is 9.59 Å². The van der Waals surface area contributed by atoms with E-state index in [9.17, 15) is 14.7 Å². The van der Waals surface area contributed by atoms with Crippen molar-refractivity contribution < 1.29 is 19.4 Å². The number of ketones is 2. The normalized spacial score (nSPS) is 43.0. The molecule has 6 heteroatoms. The van der Waals surface area contributed by atoms with E-state index in [-0.39, 0.29) is 22.4 Å². The molecule has 5 rings (SSSR count). The first-order valence-electron chi connectivity index (χ1n) is 13.4. The number of imidazole rings is 1. The summed E-state index contributed by atoms with van der Waals surface area (Å²) >= 11 is 0. The third-order valence-electron chi connectivity index (χ3n) is 11.4. The van der Waals surface area contributed by atoms with Crippen LogP contribution in [0.5, 0.6) is 0 Å². The largest absolute Gasteiger partial charge is 0.387 e. The summed E-state index contributed by atoms with van der Waals surface area (Å²) in [6.07, 6.45) is 12.2. The molecule has 0 aromatic carbocycles. The smallest absolute Gasteiger partial charge is 0.143 e. The Morgan fingerprint density at radius 1 is 1.06 bits per heavy atom. The summed E-state index contributed by atoms with van der Waals surface area (Å²) in [4.78, 5) is 33.0. The highest BCUT2D eigenvalue weighted by molar-refractivity contribution is 6.06. The van der Waals surface area contributed by atoms with Crippen molar-refractivity contribution in [1.82, 2.24) is 9.97 Å². The Balaban J connectivity index is 1.31. The summed E-state index contributed by atoms with van der Waals surface area (Å²) in [5.74, 6) is 3.11. The maximum Gasteiger partial charge on any atom is 0.143 e. The zero-order chi connectivity index (χ0) is 24.4. The molecular formula is C28H42N2O4. The second kappa shape index (κ2) is 8.26. The van der Waals surface area contributed by atoms with E-state index in [4.69, 9.17) is 4.74 Å². The number of hydrogen-bond donors (Lipinski definition) is 2. The molecule has 0 saturated heterocycles. The average molecular weight is 471 g/mol. The van der Waals surface area contributed by atoms with Crippen molar-refractivity contribution in [3.05, 3.63) is 18.2 Å². The molecular weight excluding hydrogens is 428 g/mol. The lowest BCUT2D eigenvalue weighted by Crippen LogP contribution is -2.59. The second-order valence-corrected chi connectivity index (χ2v) is 12.6. The van der Waals surface area contributed by atoms with Gasteiger partial charge in [-0.15, -0.1) is 0 Å². The number of aromatic amines is 1. The molecule has 0 bridgehead atoms. The monoisotopic (exact) mass is 470 g/mol. The number of carbonyl (C=O) groups is 2. The van der Waals surface area contributed by atoms with Crippen molar-refractivity contribution in [2.24, 2.45) is 39.9 Å². The Hall–Kier alpha value is -1.53.